The highest BCUT2D eigenvalue weighted by atomic mass is 16.5. The number of amides is 1. The lowest BCUT2D eigenvalue weighted by Crippen LogP contribution is -2.25. The van der Waals surface area contributed by atoms with E-state index in [4.69, 9.17) is 10.5 Å². The van der Waals surface area contributed by atoms with E-state index < -0.39 is 0 Å². The number of nitrogens with two attached hydrogens (primary N) is 1. The highest BCUT2D eigenvalue weighted by Crippen LogP contribution is 2.14. The van der Waals surface area contributed by atoms with Crippen molar-refractivity contribution in [2.45, 2.75) is 13.0 Å². The number of nitrogens with zero attached hydrogens (tertiary/aromatic N) is 3. The largest absolute Gasteiger partial charge is 0.493 e. The van der Waals surface area contributed by atoms with E-state index >= 15 is 0 Å². The first kappa shape index (κ1) is 13.9. The predicted molar refractivity (Wildman–Crippen MR) is 73.8 cm³/mol. The third-order valence-electron chi connectivity index (χ3n) is 2.55. The number of hydrogen-bond acceptors (Lipinski definition) is 5. The summed E-state index contributed by atoms with van der Waals surface area (Å²) in [6.45, 7) is 0.614. The zero-order valence-electron chi connectivity index (χ0n) is 11.2. The number of benzene rings is 1. The molecular formula is C13H17N5O2. The van der Waals surface area contributed by atoms with Crippen molar-refractivity contribution >= 4 is 11.6 Å². The van der Waals surface area contributed by atoms with Crippen LogP contribution >= 0.6 is 0 Å². The number of aromatic nitrogens is 3. The van der Waals surface area contributed by atoms with Crippen molar-refractivity contribution < 1.29 is 9.53 Å². The molecule has 0 bridgehead atoms. The first-order valence-corrected chi connectivity index (χ1v) is 6.23. The summed E-state index contributed by atoms with van der Waals surface area (Å²) in [7, 11) is 1.78. The van der Waals surface area contributed by atoms with E-state index in [1.807, 2.05) is 0 Å². The molecule has 106 valence electrons. The summed E-state index contributed by atoms with van der Waals surface area (Å²) in [4.78, 5) is 15.6. The van der Waals surface area contributed by atoms with Gasteiger partial charge in [0.1, 0.15) is 12.1 Å². The summed E-state index contributed by atoms with van der Waals surface area (Å²) < 4.78 is 7.03. The van der Waals surface area contributed by atoms with Crippen LogP contribution < -0.4 is 15.8 Å². The van der Waals surface area contributed by atoms with Gasteiger partial charge in [0.15, 0.2) is 5.82 Å². The van der Waals surface area contributed by atoms with Gasteiger partial charge in [-0.05, 0) is 12.1 Å². The van der Waals surface area contributed by atoms with Crippen LogP contribution in [0.1, 0.15) is 12.2 Å². The van der Waals surface area contributed by atoms with Crippen molar-refractivity contribution in [1.82, 2.24) is 20.1 Å². The molecule has 1 aromatic heterocycles. The fourth-order valence-electron chi connectivity index (χ4n) is 1.60. The van der Waals surface area contributed by atoms with Gasteiger partial charge < -0.3 is 15.8 Å². The minimum Gasteiger partial charge on any atom is -0.493 e. The van der Waals surface area contributed by atoms with Gasteiger partial charge in [-0.1, -0.05) is 6.07 Å². The van der Waals surface area contributed by atoms with Crippen molar-refractivity contribution in [2.24, 2.45) is 7.05 Å². The Labute approximate surface area is 116 Å². The van der Waals surface area contributed by atoms with Gasteiger partial charge in [-0.25, -0.2) is 4.98 Å². The number of hydrogen-bond donors (Lipinski definition) is 2. The lowest BCUT2D eigenvalue weighted by molar-refractivity contribution is -0.121. The summed E-state index contributed by atoms with van der Waals surface area (Å²) in [5.74, 6) is 1.13. The first-order chi connectivity index (χ1) is 9.63. The first-order valence-electron chi connectivity index (χ1n) is 6.23. The lowest BCUT2D eigenvalue weighted by atomic mass is 10.3. The molecule has 0 aliphatic carbocycles. The average molecular weight is 275 g/mol. The number of carbonyl (C=O) groups is 1. The van der Waals surface area contributed by atoms with Crippen LogP contribution in [0, 0.1) is 0 Å². The maximum absolute atomic E-state index is 11.6. The van der Waals surface area contributed by atoms with Gasteiger partial charge in [-0.2, -0.15) is 5.10 Å². The Kier molecular flexibility index (Phi) is 4.54. The number of anilines is 1. The van der Waals surface area contributed by atoms with Crippen LogP contribution in [0.3, 0.4) is 0 Å². The molecule has 7 heteroatoms. The van der Waals surface area contributed by atoms with E-state index in [0.29, 0.717) is 30.4 Å². The number of aryl methyl sites for hydroxylation is 1. The van der Waals surface area contributed by atoms with E-state index in [2.05, 4.69) is 15.4 Å². The summed E-state index contributed by atoms with van der Waals surface area (Å²) in [5, 5.41) is 6.79. The Hall–Kier alpha value is -2.57. The van der Waals surface area contributed by atoms with Crippen LogP contribution in [0.15, 0.2) is 30.6 Å². The average Bonchev–Trinajstić information content (AvgIpc) is 2.82. The molecule has 1 amide bonds. The van der Waals surface area contributed by atoms with Crippen LogP contribution in [0.25, 0.3) is 0 Å². The van der Waals surface area contributed by atoms with Gasteiger partial charge in [0.05, 0.1) is 19.6 Å². The van der Waals surface area contributed by atoms with Crippen LogP contribution in [0.5, 0.6) is 5.75 Å². The fraction of sp³-hybridized carbons (Fsp3) is 0.308. The lowest BCUT2D eigenvalue weighted by Gasteiger charge is -2.06. The molecule has 2 rings (SSSR count). The summed E-state index contributed by atoms with van der Waals surface area (Å²) in [6, 6.07) is 7.10. The molecule has 0 atom stereocenters. The van der Waals surface area contributed by atoms with Crippen molar-refractivity contribution in [3.05, 3.63) is 36.4 Å². The number of carbonyl (C=O) groups excluding carboxylic acids is 1. The molecule has 1 aromatic carbocycles. The third kappa shape index (κ3) is 4.27. The molecule has 0 radical (unpaired) electrons. The van der Waals surface area contributed by atoms with Crippen molar-refractivity contribution in [3.8, 4) is 5.75 Å². The molecule has 20 heavy (non-hydrogen) atoms. The number of ether oxygens (including phenoxy) is 1. The quantitative estimate of drug-likeness (QED) is 0.748. The zero-order chi connectivity index (χ0) is 14.4. The minimum atomic E-state index is -0.110. The Bertz CT molecular complexity index is 582. The predicted octanol–water partition coefficient (Wildman–Crippen LogP) is 0.483. The fourth-order valence-corrected chi connectivity index (χ4v) is 1.60. The third-order valence-corrected chi connectivity index (χ3v) is 2.55. The normalized spacial score (nSPS) is 10.2. The monoisotopic (exact) mass is 275 g/mol. The molecule has 0 fully saturated rings. The molecule has 7 nitrogen and oxygen atoms in total. The molecule has 0 aliphatic heterocycles. The van der Waals surface area contributed by atoms with Crippen LogP contribution in [-0.2, 0) is 18.4 Å². The minimum absolute atomic E-state index is 0.110. The maximum atomic E-state index is 11.6. The van der Waals surface area contributed by atoms with Gasteiger partial charge in [-0.3, -0.25) is 9.48 Å². The topological polar surface area (TPSA) is 95.1 Å². The van der Waals surface area contributed by atoms with Gasteiger partial charge in [0.25, 0.3) is 0 Å². The van der Waals surface area contributed by atoms with Crippen molar-refractivity contribution in [2.75, 3.05) is 12.3 Å². The van der Waals surface area contributed by atoms with Gasteiger partial charge >= 0.3 is 0 Å². The second-order valence-corrected chi connectivity index (χ2v) is 4.28. The second-order valence-electron chi connectivity index (χ2n) is 4.28. The van der Waals surface area contributed by atoms with Gasteiger partial charge in [-0.15, -0.1) is 0 Å². The molecule has 0 saturated carbocycles. The van der Waals surface area contributed by atoms with E-state index in [9.17, 15) is 4.79 Å². The van der Waals surface area contributed by atoms with E-state index in [1.54, 1.807) is 42.3 Å². The zero-order valence-corrected chi connectivity index (χ0v) is 11.2. The van der Waals surface area contributed by atoms with Crippen molar-refractivity contribution in [3.63, 3.8) is 0 Å². The summed E-state index contributed by atoms with van der Waals surface area (Å²) >= 11 is 0. The number of nitrogens with one attached hydrogen (secondary N) is 1. The highest BCUT2D eigenvalue weighted by molar-refractivity contribution is 5.75. The molecular weight excluding hydrogens is 258 g/mol. The molecule has 3 N–H and O–H groups in total. The van der Waals surface area contributed by atoms with Gasteiger partial charge in [0, 0.05) is 18.8 Å². The van der Waals surface area contributed by atoms with E-state index in [1.165, 1.54) is 0 Å². The number of rotatable bonds is 6. The molecule has 2 aromatic rings. The smallest absolute Gasteiger partial charge is 0.223 e. The van der Waals surface area contributed by atoms with Crippen LogP contribution in [-0.4, -0.2) is 27.3 Å². The molecule has 0 unspecified atom stereocenters. The SMILES string of the molecule is Cn1cnc(CNC(=O)CCOc2cccc(N)c2)n1. The van der Waals surface area contributed by atoms with E-state index in [0.717, 1.165) is 0 Å². The van der Waals surface area contributed by atoms with Crippen LogP contribution in [0.4, 0.5) is 5.69 Å². The highest BCUT2D eigenvalue weighted by Gasteiger charge is 2.04. The second kappa shape index (κ2) is 6.55. The Morgan fingerprint density at radius 3 is 3.05 bits per heavy atom. The summed E-state index contributed by atoms with van der Waals surface area (Å²) in [6.07, 6.45) is 1.85. The number of nitrogen functional groups attached to an aromatic ring is 1. The van der Waals surface area contributed by atoms with Crippen molar-refractivity contribution in [1.29, 1.82) is 0 Å². The van der Waals surface area contributed by atoms with E-state index in [-0.39, 0.29) is 12.3 Å². The van der Waals surface area contributed by atoms with Gasteiger partial charge in [0.2, 0.25) is 5.91 Å². The molecule has 0 spiro atoms. The maximum Gasteiger partial charge on any atom is 0.223 e. The van der Waals surface area contributed by atoms with Crippen LogP contribution in [0.2, 0.25) is 0 Å². The Morgan fingerprint density at radius 1 is 1.50 bits per heavy atom. The Morgan fingerprint density at radius 2 is 2.35 bits per heavy atom. The Balaban J connectivity index is 1.67. The summed E-state index contributed by atoms with van der Waals surface area (Å²) in [5.41, 5.74) is 6.26. The standard InChI is InChI=1S/C13H17N5O2/c1-18-9-16-12(17-18)8-15-13(19)5-6-20-11-4-2-3-10(14)7-11/h2-4,7,9H,5-6,8,14H2,1H3,(H,15,19). The molecule has 1 heterocycles. The molecule has 0 aliphatic rings. The molecule has 0 saturated heterocycles.